The van der Waals surface area contributed by atoms with Crippen molar-refractivity contribution in [3.05, 3.63) is 54.6 Å². The van der Waals surface area contributed by atoms with Crippen molar-refractivity contribution in [2.24, 2.45) is 5.41 Å². The van der Waals surface area contributed by atoms with Gasteiger partial charge in [-0.1, -0.05) is 57.2 Å². The fraction of sp³-hybridized carbons (Fsp3) is 0.500. The molecule has 0 saturated carbocycles. The van der Waals surface area contributed by atoms with Gasteiger partial charge >= 0.3 is 13.7 Å². The minimum Gasteiger partial charge on any atom is -0.464 e. The van der Waals surface area contributed by atoms with Gasteiger partial charge in [0.2, 0.25) is 0 Å². The molecule has 0 spiro atoms. The lowest BCUT2D eigenvalue weighted by molar-refractivity contribution is -0.148. The van der Waals surface area contributed by atoms with E-state index in [-0.39, 0.29) is 17.8 Å². The number of rotatable bonds is 11. The summed E-state index contributed by atoms with van der Waals surface area (Å²) in [6.45, 7) is 9.70. The van der Waals surface area contributed by atoms with Crippen LogP contribution in [-0.2, 0) is 23.4 Å². The van der Waals surface area contributed by atoms with Crippen LogP contribution in [0.2, 0.25) is 0 Å². The number of hydrogen-bond acceptors (Lipinski definition) is 11. The number of nitrogens with zero attached hydrogens (tertiary/aromatic N) is 5. The van der Waals surface area contributed by atoms with Gasteiger partial charge in [-0.15, -0.1) is 0 Å². The molecule has 0 aliphatic carbocycles. The zero-order chi connectivity index (χ0) is 34.3. The predicted octanol–water partition coefficient (Wildman–Crippen LogP) is 5.11. The molecule has 1 saturated heterocycles. The summed E-state index contributed by atoms with van der Waals surface area (Å²) < 4.78 is 55.3. The normalized spacial score (nSPS) is 23.5. The maximum atomic E-state index is 16.3. The van der Waals surface area contributed by atoms with Crippen molar-refractivity contribution in [2.75, 3.05) is 32.2 Å². The van der Waals surface area contributed by atoms with Gasteiger partial charge in [-0.2, -0.15) is 5.09 Å². The third kappa shape index (κ3) is 7.42. The third-order valence-corrected chi connectivity index (χ3v) is 9.27. The van der Waals surface area contributed by atoms with Gasteiger partial charge in [0, 0.05) is 19.5 Å². The molecular formula is C32H42FN6O7P. The molecule has 4 aromatic rings. The highest BCUT2D eigenvalue weighted by atomic mass is 31.2. The second-order valence-corrected chi connectivity index (χ2v) is 15.0. The van der Waals surface area contributed by atoms with Crippen LogP contribution in [0.1, 0.15) is 46.7 Å². The molecular weight excluding hydrogens is 630 g/mol. The molecule has 13 nitrogen and oxygen atoms in total. The van der Waals surface area contributed by atoms with Crippen molar-refractivity contribution in [3.8, 4) is 5.75 Å². The van der Waals surface area contributed by atoms with Crippen LogP contribution in [0, 0.1) is 12.3 Å². The minimum absolute atomic E-state index is 0.134. The minimum atomic E-state index is -4.39. The monoisotopic (exact) mass is 672 g/mol. The molecule has 2 N–H and O–H groups in total. The number of carbonyl (C=O) groups excluding carboxylic acids is 1. The Kier molecular flexibility index (Phi) is 9.64. The number of aliphatic hydroxyl groups excluding tert-OH is 1. The van der Waals surface area contributed by atoms with Gasteiger partial charge < -0.3 is 24.0 Å². The number of ether oxygens (including phenoxy) is 2. The van der Waals surface area contributed by atoms with Crippen LogP contribution in [-0.4, -0.2) is 81.8 Å². The lowest BCUT2D eigenvalue weighted by Crippen LogP contribution is -2.41. The molecule has 1 aliphatic heterocycles. The van der Waals surface area contributed by atoms with Crippen LogP contribution < -0.4 is 14.5 Å². The van der Waals surface area contributed by atoms with E-state index in [0.29, 0.717) is 28.2 Å². The van der Waals surface area contributed by atoms with Gasteiger partial charge in [0.25, 0.3) is 0 Å². The number of nitrogens with one attached hydrogen (secondary N) is 1. The number of aliphatic hydroxyl groups is 1. The Morgan fingerprint density at radius 1 is 1.21 bits per heavy atom. The van der Waals surface area contributed by atoms with Crippen molar-refractivity contribution < 1.29 is 37.4 Å². The summed E-state index contributed by atoms with van der Waals surface area (Å²) in [6, 6.07) is 11.4. The number of imidazole rings is 1. The molecule has 0 bridgehead atoms. The zero-order valence-electron chi connectivity index (χ0n) is 27.8. The van der Waals surface area contributed by atoms with E-state index in [0.717, 1.165) is 5.39 Å². The number of aryl methyl sites for hydroxylation is 1. The Morgan fingerprint density at radius 2 is 1.91 bits per heavy atom. The summed E-state index contributed by atoms with van der Waals surface area (Å²) >= 11 is 0. The first-order valence-electron chi connectivity index (χ1n) is 15.3. The smallest absolute Gasteiger partial charge is 0.459 e. The van der Waals surface area contributed by atoms with Crippen LogP contribution in [0.5, 0.6) is 5.75 Å². The SMILES string of the molecule is Cc1nc(N(C)C)c2ncn([C@@H]3O[C@H](CO[P@@](=O)(N[C@@H](C)C(=O)OCC(C)(C)C)Oc4cccc5ccccc45)[C@@H](O)[C@@]3(C)F)c2n1. The fourth-order valence-electron chi connectivity index (χ4n) is 5.21. The second-order valence-electron chi connectivity index (χ2n) is 13.3. The molecule has 6 atom stereocenters. The van der Waals surface area contributed by atoms with E-state index in [4.69, 9.17) is 18.5 Å². The van der Waals surface area contributed by atoms with Crippen LogP contribution in [0.15, 0.2) is 48.8 Å². The Hall–Kier alpha value is -3.68. The van der Waals surface area contributed by atoms with Crippen LogP contribution in [0.25, 0.3) is 21.9 Å². The number of halogens is 1. The number of esters is 1. The maximum absolute atomic E-state index is 16.3. The van der Waals surface area contributed by atoms with Crippen LogP contribution in [0.3, 0.4) is 0 Å². The summed E-state index contributed by atoms with van der Waals surface area (Å²) in [7, 11) is -0.781. The Labute approximate surface area is 273 Å². The van der Waals surface area contributed by atoms with E-state index in [1.165, 1.54) is 24.7 Å². The zero-order valence-corrected chi connectivity index (χ0v) is 28.7. The Morgan fingerprint density at radius 3 is 2.62 bits per heavy atom. The highest BCUT2D eigenvalue weighted by molar-refractivity contribution is 7.52. The summed E-state index contributed by atoms with van der Waals surface area (Å²) in [5.74, 6) is 0.541. The number of benzene rings is 2. The van der Waals surface area contributed by atoms with Gasteiger partial charge in [-0.3, -0.25) is 13.9 Å². The van der Waals surface area contributed by atoms with E-state index in [2.05, 4.69) is 20.0 Å². The van der Waals surface area contributed by atoms with E-state index >= 15 is 4.39 Å². The van der Waals surface area contributed by atoms with E-state index in [1.54, 1.807) is 50.2 Å². The first-order chi connectivity index (χ1) is 22.0. The van der Waals surface area contributed by atoms with Gasteiger partial charge in [0.1, 0.15) is 29.8 Å². The molecule has 5 rings (SSSR count). The molecule has 15 heteroatoms. The van der Waals surface area contributed by atoms with Gasteiger partial charge in [-0.25, -0.2) is 23.9 Å². The van der Waals surface area contributed by atoms with Crippen molar-refractivity contribution in [3.63, 3.8) is 0 Å². The third-order valence-electron chi connectivity index (χ3n) is 7.64. The maximum Gasteiger partial charge on any atom is 0.459 e. The molecule has 2 aromatic heterocycles. The number of hydrogen-bond donors (Lipinski definition) is 2. The average Bonchev–Trinajstić information content (AvgIpc) is 3.51. The van der Waals surface area contributed by atoms with Crippen molar-refractivity contribution in [1.29, 1.82) is 0 Å². The quantitative estimate of drug-likeness (QED) is 0.161. The fourth-order valence-corrected chi connectivity index (χ4v) is 6.73. The second kappa shape index (κ2) is 13.1. The molecule has 47 heavy (non-hydrogen) atoms. The topological polar surface area (TPSA) is 150 Å². The molecule has 1 aliphatic rings. The largest absolute Gasteiger partial charge is 0.464 e. The van der Waals surface area contributed by atoms with E-state index < -0.39 is 50.5 Å². The summed E-state index contributed by atoms with van der Waals surface area (Å²) in [5.41, 5.74) is -1.88. The van der Waals surface area contributed by atoms with Crippen LogP contribution in [0.4, 0.5) is 10.2 Å². The first kappa shape index (κ1) is 34.6. The Balaban J connectivity index is 1.41. The number of carbonyl (C=O) groups is 1. The predicted molar refractivity (Wildman–Crippen MR) is 175 cm³/mol. The molecule has 254 valence electrons. The highest BCUT2D eigenvalue weighted by Crippen LogP contribution is 2.49. The highest BCUT2D eigenvalue weighted by Gasteiger charge is 2.56. The van der Waals surface area contributed by atoms with Crippen molar-refractivity contribution in [2.45, 2.75) is 71.7 Å². The van der Waals surface area contributed by atoms with Gasteiger partial charge in [0.05, 0.1) is 19.5 Å². The lowest BCUT2D eigenvalue weighted by Gasteiger charge is -2.26. The van der Waals surface area contributed by atoms with Crippen molar-refractivity contribution in [1.82, 2.24) is 24.6 Å². The molecule has 0 amide bonds. The number of fused-ring (bicyclic) bond motifs is 2. The average molecular weight is 673 g/mol. The summed E-state index contributed by atoms with van der Waals surface area (Å²) in [4.78, 5) is 27.9. The summed E-state index contributed by atoms with van der Waals surface area (Å²) in [6.07, 6.45) is -2.98. The van der Waals surface area contributed by atoms with E-state index in [9.17, 15) is 14.5 Å². The van der Waals surface area contributed by atoms with Gasteiger partial charge in [0.15, 0.2) is 28.9 Å². The molecule has 2 aromatic carbocycles. The number of anilines is 1. The first-order valence-corrected chi connectivity index (χ1v) is 16.8. The molecule has 3 heterocycles. The van der Waals surface area contributed by atoms with Crippen LogP contribution >= 0.6 is 7.75 Å². The number of alkyl halides is 1. The molecule has 0 radical (unpaired) electrons. The van der Waals surface area contributed by atoms with E-state index in [1.807, 2.05) is 39.0 Å². The molecule has 1 fully saturated rings. The number of aromatic nitrogens is 4. The summed E-state index contributed by atoms with van der Waals surface area (Å²) in [5, 5.41) is 15.3. The lowest BCUT2D eigenvalue weighted by atomic mass is 9.98. The van der Waals surface area contributed by atoms with Crippen molar-refractivity contribution >= 4 is 41.5 Å². The van der Waals surface area contributed by atoms with Gasteiger partial charge in [-0.05, 0) is 37.6 Å². The standard InChI is InChI=1S/C32H42FN6O7P/c1-19(29(41)43-17-31(3,4)5)37-47(42,46-23-15-11-13-21-12-9-10-14-22(21)23)44-16-24-26(40)32(6,33)30(45-24)39-18-34-25-27(38(7)8)35-20(2)36-28(25)39/h9-15,18-19,24,26,30,40H,16-17H2,1-8H3,(H,37,42)/t19-,24+,26+,30+,32+,47-/m0/s1. The Bertz CT molecular complexity index is 1800. The molecule has 0 unspecified atom stereocenters.